The van der Waals surface area contributed by atoms with Crippen molar-refractivity contribution >= 4 is 11.7 Å². The van der Waals surface area contributed by atoms with Gasteiger partial charge in [0.25, 0.3) is 0 Å². The Kier molecular flexibility index (Phi) is 4.12. The molecule has 0 bridgehead atoms. The fourth-order valence-corrected chi connectivity index (χ4v) is 2.70. The van der Waals surface area contributed by atoms with Crippen molar-refractivity contribution in [1.82, 2.24) is 10.2 Å². The first-order valence-electron chi connectivity index (χ1n) is 6.32. The van der Waals surface area contributed by atoms with Gasteiger partial charge in [0.15, 0.2) is 0 Å². The van der Waals surface area contributed by atoms with Crippen LogP contribution in [0.25, 0.3) is 0 Å². The van der Waals surface area contributed by atoms with Gasteiger partial charge in [-0.25, -0.2) is 0 Å². The Morgan fingerprint density at radius 2 is 2.29 bits per heavy atom. The molecule has 1 saturated heterocycles. The van der Waals surface area contributed by atoms with Crippen LogP contribution in [0.4, 0.5) is 0 Å². The molecule has 17 heavy (non-hydrogen) atoms. The molecular formula is C12H20N2O3. The molecule has 2 aliphatic rings. The number of ketones is 1. The van der Waals surface area contributed by atoms with Gasteiger partial charge in [0.2, 0.25) is 5.91 Å². The predicted octanol–water partition coefficient (Wildman–Crippen LogP) is -0.0551. The van der Waals surface area contributed by atoms with Crippen LogP contribution in [0, 0.1) is 0 Å². The second-order valence-corrected chi connectivity index (χ2v) is 4.67. The van der Waals surface area contributed by atoms with Gasteiger partial charge in [-0.3, -0.25) is 14.5 Å². The molecule has 1 saturated carbocycles. The first-order valence-corrected chi connectivity index (χ1v) is 6.32. The summed E-state index contributed by atoms with van der Waals surface area (Å²) in [6, 6.07) is -0.379. The molecule has 0 spiro atoms. The van der Waals surface area contributed by atoms with Gasteiger partial charge in [0.05, 0.1) is 19.3 Å². The van der Waals surface area contributed by atoms with Gasteiger partial charge >= 0.3 is 0 Å². The number of Topliss-reactive ketones (excluding diaryl/α,β-unsaturated/α-hetero) is 1. The zero-order valence-corrected chi connectivity index (χ0v) is 10.3. The van der Waals surface area contributed by atoms with Gasteiger partial charge < -0.3 is 10.1 Å². The van der Waals surface area contributed by atoms with E-state index in [0.717, 1.165) is 19.3 Å². The average molecular weight is 240 g/mol. The Bertz CT molecular complexity index is 290. The Morgan fingerprint density at radius 3 is 3.00 bits per heavy atom. The molecule has 2 unspecified atom stereocenters. The number of likely N-dealkylation sites (N-methyl/N-ethyl adjacent to an activating group) is 1. The molecule has 1 aliphatic carbocycles. The molecule has 1 N–H and O–H groups in total. The third-order valence-electron chi connectivity index (χ3n) is 3.64. The van der Waals surface area contributed by atoms with E-state index in [1.165, 1.54) is 0 Å². The number of rotatable bonds is 2. The molecule has 2 atom stereocenters. The fourth-order valence-electron chi connectivity index (χ4n) is 2.70. The van der Waals surface area contributed by atoms with Crippen LogP contribution in [-0.2, 0) is 14.3 Å². The van der Waals surface area contributed by atoms with Crippen molar-refractivity contribution in [2.24, 2.45) is 0 Å². The summed E-state index contributed by atoms with van der Waals surface area (Å²) in [6.45, 7) is 1.68. The monoisotopic (exact) mass is 240 g/mol. The van der Waals surface area contributed by atoms with Gasteiger partial charge in [-0.05, 0) is 12.8 Å². The second-order valence-electron chi connectivity index (χ2n) is 4.67. The maximum Gasteiger partial charge on any atom is 0.239 e. The minimum Gasteiger partial charge on any atom is -0.378 e. The summed E-state index contributed by atoms with van der Waals surface area (Å²) >= 11 is 0. The third-order valence-corrected chi connectivity index (χ3v) is 3.64. The molecule has 2 fully saturated rings. The van der Waals surface area contributed by atoms with Crippen molar-refractivity contribution in [2.75, 3.05) is 26.8 Å². The van der Waals surface area contributed by atoms with Crippen LogP contribution in [0.2, 0.25) is 0 Å². The quantitative estimate of drug-likeness (QED) is 0.735. The van der Waals surface area contributed by atoms with E-state index < -0.39 is 0 Å². The van der Waals surface area contributed by atoms with Gasteiger partial charge in [-0.15, -0.1) is 0 Å². The highest BCUT2D eigenvalue weighted by Crippen LogP contribution is 2.23. The maximum absolute atomic E-state index is 11.9. The van der Waals surface area contributed by atoms with Crippen LogP contribution in [0.15, 0.2) is 0 Å². The van der Waals surface area contributed by atoms with Crippen LogP contribution < -0.4 is 5.32 Å². The number of carbonyl (C=O) groups is 2. The van der Waals surface area contributed by atoms with Gasteiger partial charge in [-0.1, -0.05) is 6.42 Å². The second kappa shape index (κ2) is 5.60. The van der Waals surface area contributed by atoms with Crippen molar-refractivity contribution in [3.05, 3.63) is 0 Å². The summed E-state index contributed by atoms with van der Waals surface area (Å²) in [5.74, 6) is 0.232. The standard InChI is InChI=1S/C12H20N2O3/c1-13-12(16)10-8-17-7-6-14(10)9-4-2-3-5-11(9)15/h9-10H,2-8H2,1H3,(H,13,16). The highest BCUT2D eigenvalue weighted by Gasteiger charge is 2.37. The topological polar surface area (TPSA) is 58.6 Å². The third kappa shape index (κ3) is 2.66. The Hall–Kier alpha value is -0.940. The molecule has 1 amide bonds. The average Bonchev–Trinajstić information content (AvgIpc) is 2.38. The summed E-state index contributed by atoms with van der Waals surface area (Å²) < 4.78 is 5.35. The van der Waals surface area contributed by atoms with E-state index >= 15 is 0 Å². The number of hydrogen-bond donors (Lipinski definition) is 1. The van der Waals surface area contributed by atoms with Crippen LogP contribution in [-0.4, -0.2) is 55.5 Å². The molecule has 5 nitrogen and oxygen atoms in total. The Balaban J connectivity index is 2.09. The number of amides is 1. The van der Waals surface area contributed by atoms with Crippen LogP contribution >= 0.6 is 0 Å². The highest BCUT2D eigenvalue weighted by molar-refractivity contribution is 5.87. The van der Waals surface area contributed by atoms with Gasteiger partial charge in [-0.2, -0.15) is 0 Å². The summed E-state index contributed by atoms with van der Waals surface area (Å²) in [5, 5.41) is 2.65. The zero-order valence-electron chi connectivity index (χ0n) is 10.3. The first kappa shape index (κ1) is 12.5. The molecule has 5 heteroatoms. The van der Waals surface area contributed by atoms with E-state index in [2.05, 4.69) is 5.32 Å². The van der Waals surface area contributed by atoms with Crippen LogP contribution in [0.1, 0.15) is 25.7 Å². The van der Waals surface area contributed by atoms with E-state index in [1.54, 1.807) is 7.05 Å². The molecule has 1 heterocycles. The van der Waals surface area contributed by atoms with Crippen molar-refractivity contribution in [3.8, 4) is 0 Å². The molecule has 0 aromatic heterocycles. The lowest BCUT2D eigenvalue weighted by molar-refractivity contribution is -0.140. The molecule has 0 aromatic carbocycles. The molecule has 0 aromatic rings. The largest absolute Gasteiger partial charge is 0.378 e. The summed E-state index contributed by atoms with van der Waals surface area (Å²) in [5.41, 5.74) is 0. The normalized spacial score (nSPS) is 31.2. The molecule has 96 valence electrons. The van der Waals surface area contributed by atoms with E-state index in [1.807, 2.05) is 4.90 Å². The lowest BCUT2D eigenvalue weighted by atomic mass is 9.91. The molecule has 2 rings (SSSR count). The fraction of sp³-hybridized carbons (Fsp3) is 0.833. The number of ether oxygens (including phenoxy) is 1. The number of carbonyl (C=O) groups excluding carboxylic acids is 2. The lowest BCUT2D eigenvalue weighted by Crippen LogP contribution is -2.59. The Labute approximate surface area is 101 Å². The smallest absolute Gasteiger partial charge is 0.239 e. The molecule has 1 aliphatic heterocycles. The number of hydrogen-bond acceptors (Lipinski definition) is 4. The minimum atomic E-state index is -0.305. The van der Waals surface area contributed by atoms with E-state index in [9.17, 15) is 9.59 Å². The van der Waals surface area contributed by atoms with Crippen LogP contribution in [0.3, 0.4) is 0 Å². The lowest BCUT2D eigenvalue weighted by Gasteiger charge is -2.40. The Morgan fingerprint density at radius 1 is 1.47 bits per heavy atom. The minimum absolute atomic E-state index is 0.0527. The summed E-state index contributed by atoms with van der Waals surface area (Å²) in [6.07, 6.45) is 3.60. The van der Waals surface area contributed by atoms with Crippen molar-refractivity contribution < 1.29 is 14.3 Å². The number of nitrogens with one attached hydrogen (secondary N) is 1. The first-order chi connectivity index (χ1) is 8.24. The zero-order chi connectivity index (χ0) is 12.3. The van der Waals surface area contributed by atoms with Crippen molar-refractivity contribution in [2.45, 2.75) is 37.8 Å². The molecular weight excluding hydrogens is 220 g/mol. The van der Waals surface area contributed by atoms with E-state index in [4.69, 9.17) is 4.74 Å². The van der Waals surface area contributed by atoms with E-state index in [-0.39, 0.29) is 23.8 Å². The van der Waals surface area contributed by atoms with Crippen LogP contribution in [0.5, 0.6) is 0 Å². The van der Waals surface area contributed by atoms with Crippen molar-refractivity contribution in [1.29, 1.82) is 0 Å². The van der Waals surface area contributed by atoms with Crippen molar-refractivity contribution in [3.63, 3.8) is 0 Å². The summed E-state index contributed by atoms with van der Waals surface area (Å²) in [7, 11) is 1.62. The van der Waals surface area contributed by atoms with E-state index in [0.29, 0.717) is 26.2 Å². The molecule has 0 radical (unpaired) electrons. The highest BCUT2D eigenvalue weighted by atomic mass is 16.5. The summed E-state index contributed by atoms with van der Waals surface area (Å²) in [4.78, 5) is 25.7. The van der Waals surface area contributed by atoms with Gasteiger partial charge in [0, 0.05) is 20.0 Å². The number of morpholine rings is 1. The maximum atomic E-state index is 11.9. The number of nitrogens with zero attached hydrogens (tertiary/aromatic N) is 1. The van der Waals surface area contributed by atoms with Gasteiger partial charge in [0.1, 0.15) is 11.8 Å². The predicted molar refractivity (Wildman–Crippen MR) is 62.6 cm³/mol. The SMILES string of the molecule is CNC(=O)C1COCCN1C1CCCCC1=O.